The summed E-state index contributed by atoms with van der Waals surface area (Å²) in [6.07, 6.45) is 9.61. The topological polar surface area (TPSA) is 57.2 Å². The van der Waals surface area contributed by atoms with Gasteiger partial charge in [0.15, 0.2) is 0 Å². The Labute approximate surface area is 182 Å². The van der Waals surface area contributed by atoms with Crippen molar-refractivity contribution in [2.24, 2.45) is 0 Å². The third-order valence-electron chi connectivity index (χ3n) is 5.08. The zero-order valence-corrected chi connectivity index (χ0v) is 20.7. The summed E-state index contributed by atoms with van der Waals surface area (Å²) in [6.45, 7) is 14.3. The molecular formula is C22H40BrNO3S. The molecule has 0 atom stereocenters. The monoisotopic (exact) mass is 477 g/mol. The minimum absolute atomic E-state index is 0.178. The lowest BCUT2D eigenvalue weighted by Crippen LogP contribution is -2.51. The summed E-state index contributed by atoms with van der Waals surface area (Å²) in [4.78, 5) is -0.178. The Morgan fingerprint density at radius 1 is 0.821 bits per heavy atom. The lowest BCUT2D eigenvalue weighted by Gasteiger charge is -2.39. The highest BCUT2D eigenvalue weighted by atomic mass is 79.9. The first-order valence-corrected chi connectivity index (χ1v) is 13.2. The van der Waals surface area contributed by atoms with E-state index in [1.807, 2.05) is 6.92 Å². The molecule has 1 aromatic carbocycles. The van der Waals surface area contributed by atoms with Crippen LogP contribution in [0.25, 0.3) is 0 Å². The van der Waals surface area contributed by atoms with E-state index in [1.165, 1.54) is 87.7 Å². The largest absolute Gasteiger partial charge is 0.744 e. The number of nitrogens with zero attached hydrogens (tertiary/aromatic N) is 1. The van der Waals surface area contributed by atoms with E-state index in [-0.39, 0.29) is 4.90 Å². The second kappa shape index (κ2) is 15.4. The quantitative estimate of drug-likeness (QED) is 0.154. The fourth-order valence-electron chi connectivity index (χ4n) is 3.24. The maximum Gasteiger partial charge on any atom is 0.124 e. The lowest BCUT2D eigenvalue weighted by molar-refractivity contribution is -0.926. The molecule has 28 heavy (non-hydrogen) atoms. The first-order chi connectivity index (χ1) is 13.2. The molecule has 0 spiro atoms. The number of quaternary nitrogens is 1. The predicted octanol–water partition coefficient (Wildman–Crippen LogP) is 5.89. The van der Waals surface area contributed by atoms with Crippen LogP contribution in [0.5, 0.6) is 0 Å². The van der Waals surface area contributed by atoms with Crippen LogP contribution in [0.4, 0.5) is 0 Å². The maximum atomic E-state index is 10.4. The van der Waals surface area contributed by atoms with Crippen LogP contribution in [0.2, 0.25) is 0 Å². The Bertz CT molecular complexity index is 595. The van der Waals surface area contributed by atoms with Gasteiger partial charge in [-0.2, -0.15) is 0 Å². The van der Waals surface area contributed by atoms with E-state index >= 15 is 0 Å². The number of aryl methyl sites for hydroxylation is 1. The van der Waals surface area contributed by atoms with Crippen LogP contribution in [-0.2, 0) is 10.1 Å². The number of halogens is 1. The molecule has 0 aliphatic carbocycles. The second-order valence-electron chi connectivity index (χ2n) is 7.61. The fraction of sp³-hybridized carbons (Fsp3) is 0.727. The van der Waals surface area contributed by atoms with Crippen molar-refractivity contribution >= 4 is 26.0 Å². The number of rotatable bonds is 13. The van der Waals surface area contributed by atoms with Crippen molar-refractivity contribution in [2.45, 2.75) is 77.5 Å². The van der Waals surface area contributed by atoms with Gasteiger partial charge in [0.25, 0.3) is 0 Å². The number of hydrogen-bond donors (Lipinski definition) is 0. The van der Waals surface area contributed by atoms with Gasteiger partial charge in [-0.3, -0.25) is 0 Å². The van der Waals surface area contributed by atoms with E-state index in [2.05, 4.69) is 36.7 Å². The van der Waals surface area contributed by atoms with Crippen molar-refractivity contribution in [3.8, 4) is 0 Å². The van der Waals surface area contributed by atoms with Gasteiger partial charge in [0.1, 0.15) is 10.1 Å². The lowest BCUT2D eigenvalue weighted by atomic mass is 10.1. The van der Waals surface area contributed by atoms with Crippen LogP contribution >= 0.6 is 15.9 Å². The van der Waals surface area contributed by atoms with Gasteiger partial charge in [-0.15, -0.1) is 0 Å². The first-order valence-electron chi connectivity index (χ1n) is 10.7. The molecule has 0 bridgehead atoms. The van der Waals surface area contributed by atoms with Crippen molar-refractivity contribution < 1.29 is 17.5 Å². The minimum atomic E-state index is -4.27. The van der Waals surface area contributed by atoms with Crippen molar-refractivity contribution in [2.75, 3.05) is 31.5 Å². The molecule has 0 aliphatic heterocycles. The second-order valence-corrected chi connectivity index (χ2v) is 9.78. The number of benzene rings is 1. The van der Waals surface area contributed by atoms with Gasteiger partial charge in [0, 0.05) is 0 Å². The van der Waals surface area contributed by atoms with E-state index in [4.69, 9.17) is 0 Å². The molecule has 164 valence electrons. The fourth-order valence-corrected chi connectivity index (χ4v) is 4.46. The van der Waals surface area contributed by atoms with Gasteiger partial charge in [-0.1, -0.05) is 73.7 Å². The van der Waals surface area contributed by atoms with E-state index in [0.29, 0.717) is 0 Å². The summed E-state index contributed by atoms with van der Waals surface area (Å²) in [6, 6.07) is 5.78. The highest BCUT2D eigenvalue weighted by molar-refractivity contribution is 9.09. The maximum absolute atomic E-state index is 10.4. The summed E-state index contributed by atoms with van der Waals surface area (Å²) in [7, 11) is -4.27. The highest BCUT2D eigenvalue weighted by Gasteiger charge is 2.24. The smallest absolute Gasteiger partial charge is 0.124 e. The van der Waals surface area contributed by atoms with Crippen LogP contribution in [0, 0.1) is 6.92 Å². The summed E-state index contributed by atoms with van der Waals surface area (Å²) in [5.41, 5.74) is 0.928. The molecule has 1 aromatic rings. The average molecular weight is 479 g/mol. The van der Waals surface area contributed by atoms with Gasteiger partial charge >= 0.3 is 0 Å². The SMILES string of the molecule is CCCCC[N+](CCBr)(CCCC)CCCC.Cc1ccc(S(=O)(=O)[O-])cc1. The van der Waals surface area contributed by atoms with Gasteiger partial charge in [0.05, 0.1) is 36.4 Å². The summed E-state index contributed by atoms with van der Waals surface area (Å²) in [5.74, 6) is 0. The molecule has 0 amide bonds. The van der Waals surface area contributed by atoms with E-state index in [9.17, 15) is 13.0 Å². The predicted molar refractivity (Wildman–Crippen MR) is 122 cm³/mol. The zero-order chi connectivity index (χ0) is 21.5. The molecule has 0 N–H and O–H groups in total. The van der Waals surface area contributed by atoms with Crippen molar-refractivity contribution in [1.82, 2.24) is 0 Å². The number of alkyl halides is 1. The molecule has 0 aromatic heterocycles. The zero-order valence-electron chi connectivity index (χ0n) is 18.3. The summed E-state index contributed by atoms with van der Waals surface area (Å²) < 4.78 is 32.5. The molecular weight excluding hydrogens is 438 g/mol. The summed E-state index contributed by atoms with van der Waals surface area (Å²) >= 11 is 3.66. The molecule has 4 nitrogen and oxygen atoms in total. The molecule has 0 fully saturated rings. The van der Waals surface area contributed by atoms with Crippen LogP contribution in [0.3, 0.4) is 0 Å². The molecule has 0 radical (unpaired) electrons. The number of hydrogen-bond acceptors (Lipinski definition) is 3. The minimum Gasteiger partial charge on any atom is -0.744 e. The standard InChI is InChI=1S/C15H33BrN.C7H8O3S/c1-4-7-10-14-17(15-11-16,12-8-5-2)13-9-6-3;1-6-2-4-7(5-3-6)11(8,9)10/h4-15H2,1-3H3;2-5H,1H3,(H,8,9,10)/q+1;/p-1. The van der Waals surface area contributed by atoms with Crippen molar-refractivity contribution in [3.63, 3.8) is 0 Å². The third-order valence-corrected chi connectivity index (χ3v) is 6.28. The average Bonchev–Trinajstić information content (AvgIpc) is 2.65. The Kier molecular flexibility index (Phi) is 15.2. The van der Waals surface area contributed by atoms with Gasteiger partial charge in [-0.25, -0.2) is 8.42 Å². The van der Waals surface area contributed by atoms with E-state index in [1.54, 1.807) is 12.1 Å². The van der Waals surface area contributed by atoms with Gasteiger partial charge in [0.2, 0.25) is 0 Å². The van der Waals surface area contributed by atoms with Crippen molar-refractivity contribution in [1.29, 1.82) is 0 Å². The van der Waals surface area contributed by atoms with Crippen LogP contribution in [0.1, 0.15) is 71.3 Å². The highest BCUT2D eigenvalue weighted by Crippen LogP contribution is 2.16. The molecule has 6 heteroatoms. The normalized spacial score (nSPS) is 11.8. The molecule has 0 heterocycles. The van der Waals surface area contributed by atoms with E-state index in [0.717, 1.165) is 10.9 Å². The van der Waals surface area contributed by atoms with Crippen LogP contribution < -0.4 is 0 Å². The molecule has 1 rings (SSSR count). The number of unbranched alkanes of at least 4 members (excludes halogenated alkanes) is 4. The van der Waals surface area contributed by atoms with Crippen molar-refractivity contribution in [3.05, 3.63) is 29.8 Å². The van der Waals surface area contributed by atoms with E-state index < -0.39 is 10.1 Å². The third kappa shape index (κ3) is 12.2. The Morgan fingerprint density at radius 3 is 1.68 bits per heavy atom. The summed E-state index contributed by atoms with van der Waals surface area (Å²) in [5, 5.41) is 1.16. The molecule has 0 saturated carbocycles. The Hall–Kier alpha value is -0.430. The first kappa shape index (κ1) is 27.6. The van der Waals surface area contributed by atoms with Gasteiger partial charge < -0.3 is 9.04 Å². The Balaban J connectivity index is 0.000000567. The van der Waals surface area contributed by atoms with Gasteiger partial charge in [-0.05, 0) is 44.7 Å². The molecule has 0 aliphatic rings. The molecule has 0 unspecified atom stereocenters. The Morgan fingerprint density at radius 2 is 1.29 bits per heavy atom. The van der Waals surface area contributed by atoms with Crippen LogP contribution in [0.15, 0.2) is 29.2 Å². The van der Waals surface area contributed by atoms with Crippen LogP contribution in [-0.4, -0.2) is 49.0 Å². The molecule has 0 saturated heterocycles.